The van der Waals surface area contributed by atoms with E-state index in [9.17, 15) is 0 Å². The number of hydrogen-bond acceptors (Lipinski definition) is 5. The Bertz CT molecular complexity index is 316. The number of piperazine rings is 1. The van der Waals surface area contributed by atoms with Crippen LogP contribution in [0, 0.1) is 0 Å². The van der Waals surface area contributed by atoms with E-state index in [2.05, 4.69) is 38.4 Å². The fourth-order valence-corrected chi connectivity index (χ4v) is 1.83. The molecule has 1 aliphatic rings. The third-order valence-corrected chi connectivity index (χ3v) is 2.89. The quantitative estimate of drug-likeness (QED) is 0.775. The number of anilines is 1. The van der Waals surface area contributed by atoms with E-state index in [-0.39, 0.29) is 0 Å². The summed E-state index contributed by atoms with van der Waals surface area (Å²) >= 11 is 0. The summed E-state index contributed by atoms with van der Waals surface area (Å²) in [6.07, 6.45) is 0. The van der Waals surface area contributed by atoms with Crippen molar-refractivity contribution in [1.29, 1.82) is 0 Å². The van der Waals surface area contributed by atoms with Gasteiger partial charge in [-0.05, 0) is 26.2 Å². The molecule has 0 saturated carbocycles. The van der Waals surface area contributed by atoms with Crippen molar-refractivity contribution in [2.24, 2.45) is 0 Å². The van der Waals surface area contributed by atoms with E-state index in [4.69, 9.17) is 0 Å². The van der Waals surface area contributed by atoms with E-state index >= 15 is 0 Å². The first kappa shape index (κ1) is 11.3. The maximum absolute atomic E-state index is 4.26. The predicted molar refractivity (Wildman–Crippen MR) is 64.5 cm³/mol. The standard InChI is InChI=1S/C11H19N5/c1-12-9-10-3-4-11(14-13-10)16-7-5-15(2)6-8-16/h3-4,12H,5-9H2,1-2H3. The monoisotopic (exact) mass is 221 g/mol. The van der Waals surface area contributed by atoms with Crippen molar-refractivity contribution < 1.29 is 0 Å². The first-order valence-electron chi connectivity index (χ1n) is 5.70. The Morgan fingerprint density at radius 2 is 1.94 bits per heavy atom. The molecule has 5 heteroatoms. The molecule has 1 saturated heterocycles. The first-order valence-corrected chi connectivity index (χ1v) is 5.70. The molecule has 1 aromatic rings. The fraction of sp³-hybridized carbons (Fsp3) is 0.636. The number of aromatic nitrogens is 2. The van der Waals surface area contributed by atoms with Crippen LogP contribution in [0.1, 0.15) is 5.69 Å². The van der Waals surface area contributed by atoms with Crippen molar-refractivity contribution in [3.8, 4) is 0 Å². The molecule has 0 radical (unpaired) electrons. The maximum Gasteiger partial charge on any atom is 0.151 e. The van der Waals surface area contributed by atoms with Crippen LogP contribution in [0.5, 0.6) is 0 Å². The van der Waals surface area contributed by atoms with Crippen LogP contribution in [0.25, 0.3) is 0 Å². The average Bonchev–Trinajstić information content (AvgIpc) is 2.32. The van der Waals surface area contributed by atoms with Crippen LogP contribution in [-0.4, -0.2) is 55.4 Å². The van der Waals surface area contributed by atoms with Gasteiger partial charge < -0.3 is 15.1 Å². The van der Waals surface area contributed by atoms with Gasteiger partial charge in [0.2, 0.25) is 0 Å². The average molecular weight is 221 g/mol. The van der Waals surface area contributed by atoms with Crippen molar-refractivity contribution in [2.75, 3.05) is 45.2 Å². The fourth-order valence-electron chi connectivity index (χ4n) is 1.83. The topological polar surface area (TPSA) is 44.3 Å². The van der Waals surface area contributed by atoms with E-state index < -0.39 is 0 Å². The minimum absolute atomic E-state index is 0.774. The molecular formula is C11H19N5. The Labute approximate surface area is 96.5 Å². The lowest BCUT2D eigenvalue weighted by molar-refractivity contribution is 0.311. The van der Waals surface area contributed by atoms with E-state index in [1.54, 1.807) is 0 Å². The number of nitrogens with zero attached hydrogens (tertiary/aromatic N) is 4. The lowest BCUT2D eigenvalue weighted by Gasteiger charge is -2.32. The smallest absolute Gasteiger partial charge is 0.151 e. The van der Waals surface area contributed by atoms with E-state index in [1.807, 2.05) is 13.1 Å². The lowest BCUT2D eigenvalue weighted by Crippen LogP contribution is -2.44. The van der Waals surface area contributed by atoms with Gasteiger partial charge in [-0.1, -0.05) is 0 Å². The second-order valence-corrected chi connectivity index (χ2v) is 4.20. The molecular weight excluding hydrogens is 202 g/mol. The lowest BCUT2D eigenvalue weighted by atomic mass is 10.3. The highest BCUT2D eigenvalue weighted by molar-refractivity contribution is 5.37. The van der Waals surface area contributed by atoms with Crippen molar-refractivity contribution in [3.05, 3.63) is 17.8 Å². The van der Waals surface area contributed by atoms with Gasteiger partial charge in [-0.3, -0.25) is 0 Å². The van der Waals surface area contributed by atoms with Gasteiger partial charge in [0.1, 0.15) is 0 Å². The van der Waals surface area contributed by atoms with Gasteiger partial charge >= 0.3 is 0 Å². The summed E-state index contributed by atoms with van der Waals surface area (Å²) in [7, 11) is 4.06. The molecule has 0 unspecified atom stereocenters. The van der Waals surface area contributed by atoms with Crippen LogP contribution in [0.3, 0.4) is 0 Å². The zero-order chi connectivity index (χ0) is 11.4. The summed E-state index contributed by atoms with van der Waals surface area (Å²) in [5.74, 6) is 0.993. The second-order valence-electron chi connectivity index (χ2n) is 4.20. The summed E-state index contributed by atoms with van der Waals surface area (Å²) in [6, 6.07) is 4.10. The van der Waals surface area contributed by atoms with E-state index in [1.165, 1.54) is 0 Å². The van der Waals surface area contributed by atoms with Gasteiger partial charge in [0.05, 0.1) is 5.69 Å². The summed E-state index contributed by atoms with van der Waals surface area (Å²) < 4.78 is 0. The summed E-state index contributed by atoms with van der Waals surface area (Å²) in [5, 5.41) is 11.5. The van der Waals surface area contributed by atoms with Crippen LogP contribution < -0.4 is 10.2 Å². The van der Waals surface area contributed by atoms with Gasteiger partial charge in [-0.15, -0.1) is 5.10 Å². The predicted octanol–water partition coefficient (Wildman–Crippen LogP) is -0.0522. The van der Waals surface area contributed by atoms with Crippen LogP contribution in [0.4, 0.5) is 5.82 Å². The van der Waals surface area contributed by atoms with Crippen LogP contribution >= 0.6 is 0 Å². The Hall–Kier alpha value is -1.20. The van der Waals surface area contributed by atoms with Crippen molar-refractivity contribution >= 4 is 5.82 Å². The summed E-state index contributed by atoms with van der Waals surface area (Å²) in [5.41, 5.74) is 0.986. The third kappa shape index (κ3) is 2.68. The second kappa shape index (κ2) is 5.23. The maximum atomic E-state index is 4.26. The zero-order valence-electron chi connectivity index (χ0n) is 9.98. The molecule has 0 aromatic carbocycles. The molecule has 1 aliphatic heterocycles. The summed E-state index contributed by atoms with van der Waals surface area (Å²) in [6.45, 7) is 5.04. The van der Waals surface area contributed by atoms with Gasteiger partial charge in [-0.25, -0.2) is 0 Å². The van der Waals surface area contributed by atoms with E-state index in [0.717, 1.165) is 44.2 Å². The molecule has 0 bridgehead atoms. The molecule has 0 amide bonds. The number of likely N-dealkylation sites (N-methyl/N-ethyl adjacent to an activating group) is 1. The Morgan fingerprint density at radius 1 is 1.19 bits per heavy atom. The molecule has 16 heavy (non-hydrogen) atoms. The minimum Gasteiger partial charge on any atom is -0.353 e. The van der Waals surface area contributed by atoms with Gasteiger partial charge in [0, 0.05) is 32.7 Å². The summed E-state index contributed by atoms with van der Waals surface area (Å²) in [4.78, 5) is 4.62. The van der Waals surface area contributed by atoms with Crippen molar-refractivity contribution in [2.45, 2.75) is 6.54 Å². The normalized spacial score (nSPS) is 17.8. The molecule has 0 aliphatic carbocycles. The highest BCUT2D eigenvalue weighted by Gasteiger charge is 2.15. The SMILES string of the molecule is CNCc1ccc(N2CCN(C)CC2)nn1. The number of hydrogen-bond donors (Lipinski definition) is 1. The highest BCUT2D eigenvalue weighted by Crippen LogP contribution is 2.11. The molecule has 1 fully saturated rings. The Balaban J connectivity index is 1.98. The molecule has 5 nitrogen and oxygen atoms in total. The largest absolute Gasteiger partial charge is 0.353 e. The Kier molecular flexibility index (Phi) is 3.69. The molecule has 0 spiro atoms. The zero-order valence-corrected chi connectivity index (χ0v) is 9.98. The van der Waals surface area contributed by atoms with Gasteiger partial charge in [0.15, 0.2) is 5.82 Å². The highest BCUT2D eigenvalue weighted by atomic mass is 15.3. The molecule has 1 aromatic heterocycles. The van der Waals surface area contributed by atoms with Crippen LogP contribution in [0.15, 0.2) is 12.1 Å². The number of rotatable bonds is 3. The van der Waals surface area contributed by atoms with Crippen LogP contribution in [-0.2, 0) is 6.54 Å². The van der Waals surface area contributed by atoms with Gasteiger partial charge in [0.25, 0.3) is 0 Å². The van der Waals surface area contributed by atoms with Crippen LogP contribution in [0.2, 0.25) is 0 Å². The third-order valence-electron chi connectivity index (χ3n) is 2.89. The Morgan fingerprint density at radius 3 is 2.50 bits per heavy atom. The molecule has 88 valence electrons. The van der Waals surface area contributed by atoms with Crippen molar-refractivity contribution in [1.82, 2.24) is 20.4 Å². The molecule has 2 heterocycles. The van der Waals surface area contributed by atoms with Gasteiger partial charge in [-0.2, -0.15) is 5.10 Å². The number of nitrogens with one attached hydrogen (secondary N) is 1. The molecule has 0 atom stereocenters. The van der Waals surface area contributed by atoms with Crippen molar-refractivity contribution in [3.63, 3.8) is 0 Å². The molecule has 1 N–H and O–H groups in total. The molecule has 2 rings (SSSR count). The minimum atomic E-state index is 0.774. The first-order chi connectivity index (χ1) is 7.79. The van der Waals surface area contributed by atoms with E-state index in [0.29, 0.717) is 0 Å².